The van der Waals surface area contributed by atoms with Crippen molar-refractivity contribution >= 4 is 0 Å². The van der Waals surface area contributed by atoms with E-state index in [1.807, 2.05) is 47.3 Å². The molecule has 0 aliphatic rings. The monoisotopic (exact) mass is 286 g/mol. The summed E-state index contributed by atoms with van der Waals surface area (Å²) in [5.41, 5.74) is 3.38. The Morgan fingerprint density at radius 2 is 1.77 bits per heavy atom. The molecule has 2 heteroatoms. The maximum absolute atomic E-state index is 4.25. The number of hydrogen-bond donors (Lipinski definition) is 0. The molecule has 1 heterocycles. The van der Waals surface area contributed by atoms with Crippen LogP contribution in [0.25, 0.3) is 5.69 Å². The van der Waals surface area contributed by atoms with Gasteiger partial charge in [-0.25, -0.2) is 4.68 Å². The van der Waals surface area contributed by atoms with Crippen LogP contribution in [0.4, 0.5) is 0 Å². The number of hydrogen-bond acceptors (Lipinski definition) is 1. The number of aromatic nitrogens is 2. The van der Waals surface area contributed by atoms with Gasteiger partial charge in [0.25, 0.3) is 0 Å². The topological polar surface area (TPSA) is 17.8 Å². The zero-order chi connectivity index (χ0) is 15.2. The molecular formula is C20H18N2. The highest BCUT2D eigenvalue weighted by Crippen LogP contribution is 2.20. The molecule has 3 aromatic rings. The van der Waals surface area contributed by atoms with Gasteiger partial charge in [-0.3, -0.25) is 0 Å². The molecule has 22 heavy (non-hydrogen) atoms. The lowest BCUT2D eigenvalue weighted by Gasteiger charge is -2.09. The first-order valence-electron chi connectivity index (χ1n) is 7.53. The molecule has 1 aromatic heterocycles. The second kappa shape index (κ2) is 6.78. The van der Waals surface area contributed by atoms with E-state index in [0.29, 0.717) is 0 Å². The van der Waals surface area contributed by atoms with Gasteiger partial charge in [-0.2, -0.15) is 5.10 Å². The van der Waals surface area contributed by atoms with Gasteiger partial charge in [0.05, 0.1) is 5.69 Å². The summed E-state index contributed by atoms with van der Waals surface area (Å²) < 4.78 is 1.86. The van der Waals surface area contributed by atoms with Crippen molar-refractivity contribution in [3.05, 3.63) is 84.2 Å². The average molecular weight is 286 g/mol. The molecule has 3 rings (SSSR count). The van der Waals surface area contributed by atoms with Gasteiger partial charge in [0.1, 0.15) is 0 Å². The highest BCUT2D eigenvalue weighted by Gasteiger charge is 2.06. The molecule has 0 fully saturated rings. The van der Waals surface area contributed by atoms with Crippen LogP contribution >= 0.6 is 0 Å². The number of benzene rings is 2. The second-order valence-electron chi connectivity index (χ2n) is 5.14. The summed E-state index contributed by atoms with van der Waals surface area (Å²) in [7, 11) is 0. The molecule has 1 atom stereocenters. The van der Waals surface area contributed by atoms with Crippen molar-refractivity contribution in [2.75, 3.05) is 0 Å². The molecule has 0 bridgehead atoms. The summed E-state index contributed by atoms with van der Waals surface area (Å²) in [5, 5.41) is 4.25. The van der Waals surface area contributed by atoms with Gasteiger partial charge in [0.2, 0.25) is 0 Å². The zero-order valence-corrected chi connectivity index (χ0v) is 12.6. The second-order valence-corrected chi connectivity index (χ2v) is 5.14. The number of nitrogens with zero attached hydrogens (tertiary/aromatic N) is 2. The normalized spacial score (nSPS) is 11.5. The Balaban J connectivity index is 1.81. The van der Waals surface area contributed by atoms with Crippen LogP contribution in [0.5, 0.6) is 0 Å². The lowest BCUT2D eigenvalue weighted by molar-refractivity contribution is 0.825. The number of rotatable bonds is 3. The van der Waals surface area contributed by atoms with Crippen LogP contribution in [-0.2, 0) is 0 Å². The van der Waals surface area contributed by atoms with E-state index >= 15 is 0 Å². The lowest BCUT2D eigenvalue weighted by Crippen LogP contribution is -1.97. The molecule has 0 aliphatic carbocycles. The molecule has 0 radical (unpaired) electrons. The highest BCUT2D eigenvalue weighted by molar-refractivity contribution is 5.40. The molecule has 0 aliphatic heterocycles. The van der Waals surface area contributed by atoms with Crippen molar-refractivity contribution in [2.24, 2.45) is 0 Å². The van der Waals surface area contributed by atoms with Crippen molar-refractivity contribution < 1.29 is 0 Å². The fraction of sp³-hybridized carbons (Fsp3) is 0.150. The van der Waals surface area contributed by atoms with E-state index in [4.69, 9.17) is 0 Å². The Morgan fingerprint density at radius 3 is 2.41 bits per heavy atom. The Labute approximate surface area is 131 Å². The third-order valence-corrected chi connectivity index (χ3v) is 3.64. The van der Waals surface area contributed by atoms with Crippen molar-refractivity contribution in [1.82, 2.24) is 9.78 Å². The molecule has 0 spiro atoms. The van der Waals surface area contributed by atoms with E-state index in [0.717, 1.165) is 17.7 Å². The first-order valence-corrected chi connectivity index (χ1v) is 7.53. The van der Waals surface area contributed by atoms with Crippen LogP contribution < -0.4 is 0 Å². The summed E-state index contributed by atoms with van der Waals surface area (Å²) in [6.07, 6.45) is 4.73. The minimum Gasteiger partial charge on any atom is -0.241 e. The van der Waals surface area contributed by atoms with E-state index in [1.165, 1.54) is 5.56 Å². The standard InChI is InChI=1S/C20H18N2/c1-2-18(10-9-17-7-4-3-5-8-17)19-11-13-20(14-12-19)22-16-6-15-21-22/h3-8,11-16,18H,2H2,1H3/t18-/m0/s1. The van der Waals surface area contributed by atoms with E-state index in [2.05, 4.69) is 48.1 Å². The van der Waals surface area contributed by atoms with Crippen LogP contribution in [0, 0.1) is 11.8 Å². The van der Waals surface area contributed by atoms with Crippen molar-refractivity contribution in [3.8, 4) is 17.5 Å². The van der Waals surface area contributed by atoms with Gasteiger partial charge in [-0.05, 0) is 42.3 Å². The van der Waals surface area contributed by atoms with Gasteiger partial charge >= 0.3 is 0 Å². The third kappa shape index (κ3) is 3.27. The Hall–Kier alpha value is -2.79. The molecular weight excluding hydrogens is 268 g/mol. The minimum absolute atomic E-state index is 0.256. The summed E-state index contributed by atoms with van der Waals surface area (Å²) >= 11 is 0. The Morgan fingerprint density at radius 1 is 1.00 bits per heavy atom. The zero-order valence-electron chi connectivity index (χ0n) is 12.6. The van der Waals surface area contributed by atoms with E-state index < -0.39 is 0 Å². The van der Waals surface area contributed by atoms with Crippen molar-refractivity contribution in [1.29, 1.82) is 0 Å². The predicted molar refractivity (Wildman–Crippen MR) is 89.9 cm³/mol. The molecule has 0 saturated heterocycles. The highest BCUT2D eigenvalue weighted by atomic mass is 15.3. The molecule has 0 N–H and O–H groups in total. The van der Waals surface area contributed by atoms with Crippen molar-refractivity contribution in [2.45, 2.75) is 19.3 Å². The van der Waals surface area contributed by atoms with Crippen LogP contribution in [0.1, 0.15) is 30.4 Å². The van der Waals surface area contributed by atoms with E-state index in [9.17, 15) is 0 Å². The molecule has 0 saturated carbocycles. The quantitative estimate of drug-likeness (QED) is 0.652. The first-order chi connectivity index (χ1) is 10.9. The maximum atomic E-state index is 4.25. The van der Waals surface area contributed by atoms with Gasteiger partial charge in [-0.1, -0.05) is 49.1 Å². The smallest absolute Gasteiger partial charge is 0.0645 e. The fourth-order valence-corrected chi connectivity index (χ4v) is 2.39. The van der Waals surface area contributed by atoms with Crippen LogP contribution in [0.3, 0.4) is 0 Å². The molecule has 2 nitrogen and oxygen atoms in total. The van der Waals surface area contributed by atoms with Gasteiger partial charge in [0, 0.05) is 23.9 Å². The van der Waals surface area contributed by atoms with Gasteiger partial charge < -0.3 is 0 Å². The molecule has 0 unspecified atom stereocenters. The van der Waals surface area contributed by atoms with Gasteiger partial charge in [0.15, 0.2) is 0 Å². The molecule has 0 amide bonds. The predicted octanol–water partition coefficient (Wildman–Crippen LogP) is 4.42. The van der Waals surface area contributed by atoms with Crippen LogP contribution in [0.15, 0.2) is 73.1 Å². The largest absolute Gasteiger partial charge is 0.241 e. The SMILES string of the molecule is CC[C@@H](C#Cc1ccccc1)c1ccc(-n2cccn2)cc1. The summed E-state index contributed by atoms with van der Waals surface area (Å²) in [5.74, 6) is 6.91. The van der Waals surface area contributed by atoms with Crippen LogP contribution in [-0.4, -0.2) is 9.78 Å². The molecule has 2 aromatic carbocycles. The lowest BCUT2D eigenvalue weighted by atomic mass is 9.96. The molecule has 108 valence electrons. The van der Waals surface area contributed by atoms with E-state index in [1.54, 1.807) is 6.20 Å². The summed E-state index contributed by atoms with van der Waals surface area (Å²) in [4.78, 5) is 0. The average Bonchev–Trinajstić information content (AvgIpc) is 3.11. The minimum atomic E-state index is 0.256. The summed E-state index contributed by atoms with van der Waals surface area (Å²) in [6, 6.07) is 20.5. The Kier molecular flexibility index (Phi) is 4.36. The van der Waals surface area contributed by atoms with Crippen molar-refractivity contribution in [3.63, 3.8) is 0 Å². The fourth-order valence-electron chi connectivity index (χ4n) is 2.39. The first kappa shape index (κ1) is 14.2. The van der Waals surface area contributed by atoms with E-state index in [-0.39, 0.29) is 5.92 Å². The Bertz CT molecular complexity index is 760. The van der Waals surface area contributed by atoms with Crippen LogP contribution in [0.2, 0.25) is 0 Å². The summed E-state index contributed by atoms with van der Waals surface area (Å²) in [6.45, 7) is 2.17. The third-order valence-electron chi connectivity index (χ3n) is 3.64. The van der Waals surface area contributed by atoms with Gasteiger partial charge in [-0.15, -0.1) is 0 Å². The maximum Gasteiger partial charge on any atom is 0.0645 e.